The summed E-state index contributed by atoms with van der Waals surface area (Å²) < 4.78 is 0. The van der Waals surface area contributed by atoms with Crippen LogP contribution in [0.4, 0.5) is 16.2 Å². The lowest BCUT2D eigenvalue weighted by molar-refractivity contribution is -0.118. The summed E-state index contributed by atoms with van der Waals surface area (Å²) in [7, 11) is 0. The number of amides is 4. The number of benzene rings is 1. The van der Waals surface area contributed by atoms with Crippen molar-refractivity contribution in [3.8, 4) is 0 Å². The Labute approximate surface area is 153 Å². The number of piperidine rings is 1. The van der Waals surface area contributed by atoms with Crippen molar-refractivity contribution < 1.29 is 14.4 Å². The lowest BCUT2D eigenvalue weighted by Gasteiger charge is -2.29. The van der Waals surface area contributed by atoms with E-state index < -0.39 is 17.8 Å². The molecule has 1 aliphatic rings. The number of urea groups is 1. The van der Waals surface area contributed by atoms with Crippen molar-refractivity contribution in [1.82, 2.24) is 10.6 Å². The van der Waals surface area contributed by atoms with Crippen molar-refractivity contribution in [2.75, 3.05) is 36.4 Å². The number of imide groups is 1. The van der Waals surface area contributed by atoms with Gasteiger partial charge in [0.15, 0.2) is 0 Å². The maximum atomic E-state index is 11.8. The summed E-state index contributed by atoms with van der Waals surface area (Å²) in [6, 6.07) is 4.87. The predicted molar refractivity (Wildman–Crippen MR) is 101 cm³/mol. The predicted octanol–water partition coefficient (Wildman–Crippen LogP) is 1.42. The van der Waals surface area contributed by atoms with E-state index >= 15 is 0 Å². The van der Waals surface area contributed by atoms with Gasteiger partial charge in [0.1, 0.15) is 0 Å². The molecule has 4 amide bonds. The van der Waals surface area contributed by atoms with Gasteiger partial charge < -0.3 is 21.3 Å². The molecule has 1 aliphatic heterocycles. The number of rotatable bonds is 7. The van der Waals surface area contributed by atoms with Crippen LogP contribution in [-0.4, -0.2) is 44.0 Å². The molecule has 0 radical (unpaired) electrons. The largest absolute Gasteiger partial charge is 0.375 e. The Morgan fingerprint density at radius 3 is 2.54 bits per heavy atom. The smallest absolute Gasteiger partial charge is 0.321 e. The maximum Gasteiger partial charge on any atom is 0.321 e. The molecule has 0 aliphatic carbocycles. The second-order valence-electron chi connectivity index (χ2n) is 6.30. The van der Waals surface area contributed by atoms with Crippen molar-refractivity contribution in [1.29, 1.82) is 0 Å². The number of nitrogens with two attached hydrogens (primary N) is 1. The fourth-order valence-corrected chi connectivity index (χ4v) is 2.87. The van der Waals surface area contributed by atoms with E-state index in [2.05, 4.69) is 20.9 Å². The average molecular weight is 361 g/mol. The maximum absolute atomic E-state index is 11.8. The summed E-state index contributed by atoms with van der Waals surface area (Å²) in [4.78, 5) is 37.3. The monoisotopic (exact) mass is 361 g/mol. The molecule has 1 heterocycles. The van der Waals surface area contributed by atoms with Gasteiger partial charge in [-0.25, -0.2) is 4.79 Å². The Kier molecular flexibility index (Phi) is 7.25. The van der Waals surface area contributed by atoms with E-state index in [-0.39, 0.29) is 6.54 Å². The highest BCUT2D eigenvalue weighted by molar-refractivity contribution is 6.01. The lowest BCUT2D eigenvalue weighted by atomic mass is 10.1. The quantitative estimate of drug-likeness (QED) is 0.586. The molecule has 8 nitrogen and oxygen atoms in total. The molecule has 26 heavy (non-hydrogen) atoms. The molecule has 1 saturated heterocycles. The lowest BCUT2D eigenvalue weighted by Crippen LogP contribution is -2.42. The van der Waals surface area contributed by atoms with Gasteiger partial charge >= 0.3 is 6.03 Å². The Bertz CT molecular complexity index is 656. The van der Waals surface area contributed by atoms with Gasteiger partial charge in [-0.3, -0.25) is 14.9 Å². The van der Waals surface area contributed by atoms with Crippen LogP contribution in [0.3, 0.4) is 0 Å². The van der Waals surface area contributed by atoms with Crippen LogP contribution < -0.4 is 26.6 Å². The van der Waals surface area contributed by atoms with Crippen LogP contribution in [-0.2, 0) is 4.79 Å². The molecule has 0 bridgehead atoms. The number of nitrogens with one attached hydrogen (secondary N) is 3. The summed E-state index contributed by atoms with van der Waals surface area (Å²) in [5, 5.41) is 7.65. The molecule has 2 rings (SSSR count). The summed E-state index contributed by atoms with van der Waals surface area (Å²) in [5.74, 6) is -1.05. The first kappa shape index (κ1) is 19.6. The minimum absolute atomic E-state index is 0.136. The number of carbonyl (C=O) groups is 3. The third-order valence-corrected chi connectivity index (χ3v) is 4.22. The van der Waals surface area contributed by atoms with Gasteiger partial charge in [0.25, 0.3) is 5.91 Å². The first-order valence-corrected chi connectivity index (χ1v) is 9.01. The Hall–Kier alpha value is -2.77. The van der Waals surface area contributed by atoms with Crippen LogP contribution in [0.2, 0.25) is 0 Å². The molecule has 5 N–H and O–H groups in total. The average Bonchev–Trinajstić information content (AvgIpc) is 2.65. The van der Waals surface area contributed by atoms with Crippen LogP contribution in [0.1, 0.15) is 43.0 Å². The molecule has 142 valence electrons. The topological polar surface area (TPSA) is 117 Å². The van der Waals surface area contributed by atoms with Crippen LogP contribution in [0, 0.1) is 0 Å². The third kappa shape index (κ3) is 5.65. The van der Waals surface area contributed by atoms with Crippen molar-refractivity contribution in [3.05, 3.63) is 23.8 Å². The highest BCUT2D eigenvalue weighted by atomic mass is 16.2. The number of nitrogens with zero attached hydrogens (tertiary/aromatic N) is 1. The van der Waals surface area contributed by atoms with E-state index in [1.54, 1.807) is 12.1 Å². The zero-order valence-corrected chi connectivity index (χ0v) is 15.1. The minimum Gasteiger partial charge on any atom is -0.375 e. The second kappa shape index (κ2) is 9.65. The van der Waals surface area contributed by atoms with E-state index in [1.807, 2.05) is 13.0 Å². The summed E-state index contributed by atoms with van der Waals surface area (Å²) in [6.07, 6.45) is 4.27. The van der Waals surface area contributed by atoms with E-state index in [4.69, 9.17) is 5.73 Å². The number of carbonyl (C=O) groups excluding carboxylic acids is 3. The van der Waals surface area contributed by atoms with Crippen LogP contribution in [0.25, 0.3) is 0 Å². The van der Waals surface area contributed by atoms with Gasteiger partial charge in [-0.15, -0.1) is 0 Å². The van der Waals surface area contributed by atoms with Crippen molar-refractivity contribution in [2.45, 2.75) is 32.6 Å². The SMILES string of the molecule is CCCNC(=O)NC(=O)CNc1ccc(N2CCCCC2)cc1C(N)=O. The molecule has 0 unspecified atom stereocenters. The second-order valence-corrected chi connectivity index (χ2v) is 6.30. The van der Waals surface area contributed by atoms with Gasteiger partial charge in [0.2, 0.25) is 5.91 Å². The normalized spacial score (nSPS) is 13.8. The highest BCUT2D eigenvalue weighted by Crippen LogP contribution is 2.25. The van der Waals surface area contributed by atoms with Crippen LogP contribution in [0.5, 0.6) is 0 Å². The van der Waals surface area contributed by atoms with Crippen molar-refractivity contribution >= 4 is 29.2 Å². The third-order valence-electron chi connectivity index (χ3n) is 4.22. The first-order valence-electron chi connectivity index (χ1n) is 9.01. The molecule has 0 saturated carbocycles. The molecule has 1 aromatic rings. The molecule has 8 heteroatoms. The van der Waals surface area contributed by atoms with Crippen molar-refractivity contribution in [2.24, 2.45) is 5.73 Å². The Morgan fingerprint density at radius 2 is 1.88 bits per heavy atom. The molecular weight excluding hydrogens is 334 g/mol. The summed E-state index contributed by atoms with van der Waals surface area (Å²) >= 11 is 0. The van der Waals surface area contributed by atoms with E-state index in [1.165, 1.54) is 6.42 Å². The van der Waals surface area contributed by atoms with Crippen LogP contribution >= 0.6 is 0 Å². The zero-order valence-electron chi connectivity index (χ0n) is 15.1. The molecule has 1 fully saturated rings. The van der Waals surface area contributed by atoms with Gasteiger partial charge in [0.05, 0.1) is 12.1 Å². The molecule has 0 spiro atoms. The summed E-state index contributed by atoms with van der Waals surface area (Å²) in [6.45, 7) is 4.20. The fraction of sp³-hybridized carbons (Fsp3) is 0.500. The van der Waals surface area contributed by atoms with Gasteiger partial charge in [-0.05, 0) is 43.9 Å². The van der Waals surface area contributed by atoms with Gasteiger partial charge in [0, 0.05) is 31.0 Å². The number of primary amides is 1. The van der Waals surface area contributed by atoms with Crippen LogP contribution in [0.15, 0.2) is 18.2 Å². The Morgan fingerprint density at radius 1 is 1.15 bits per heavy atom. The standard InChI is InChI=1S/C18H27N5O3/c1-2-8-20-18(26)22-16(24)12-21-15-7-6-13(11-14(15)17(19)25)23-9-4-3-5-10-23/h6-7,11,21H,2-5,8-10,12H2,1H3,(H2,19,25)(H2,20,22,24,26). The number of hydrogen-bond acceptors (Lipinski definition) is 5. The van der Waals surface area contributed by atoms with Gasteiger partial charge in [-0.1, -0.05) is 6.92 Å². The fourth-order valence-electron chi connectivity index (χ4n) is 2.87. The van der Waals surface area contributed by atoms with E-state index in [0.717, 1.165) is 38.0 Å². The highest BCUT2D eigenvalue weighted by Gasteiger charge is 2.16. The molecule has 0 aromatic heterocycles. The minimum atomic E-state index is -0.563. The molecule has 1 aromatic carbocycles. The number of hydrogen-bond donors (Lipinski definition) is 4. The Balaban J connectivity index is 1.98. The van der Waals surface area contributed by atoms with E-state index in [9.17, 15) is 14.4 Å². The van der Waals surface area contributed by atoms with Crippen molar-refractivity contribution in [3.63, 3.8) is 0 Å². The molecule has 0 atom stereocenters. The zero-order chi connectivity index (χ0) is 18.9. The summed E-state index contributed by atoms with van der Waals surface area (Å²) in [5.41, 5.74) is 7.25. The number of anilines is 2. The van der Waals surface area contributed by atoms with Gasteiger partial charge in [-0.2, -0.15) is 0 Å². The van der Waals surface area contributed by atoms with E-state index in [0.29, 0.717) is 17.8 Å². The first-order chi connectivity index (χ1) is 12.5. The molecular formula is C18H27N5O3.